The number of hydrogen-bond acceptors (Lipinski definition) is 2. The average Bonchev–Trinajstić information content (AvgIpc) is 2.75. The number of nitrogens with zero attached hydrogens (tertiary/aromatic N) is 1. The van der Waals surface area contributed by atoms with Gasteiger partial charge in [0, 0.05) is 0 Å². The summed E-state index contributed by atoms with van der Waals surface area (Å²) in [4.78, 5) is 0. The molecule has 0 saturated heterocycles. The Bertz CT molecular complexity index is 289. The van der Waals surface area contributed by atoms with E-state index in [0.29, 0.717) is 13.1 Å². The Balaban J connectivity index is 1.76. The van der Waals surface area contributed by atoms with Crippen LogP contribution in [0.3, 0.4) is 0 Å². The molecule has 1 radical (unpaired) electrons. The van der Waals surface area contributed by atoms with Crippen molar-refractivity contribution in [2.75, 3.05) is 0 Å². The molecule has 0 amide bonds. The van der Waals surface area contributed by atoms with E-state index in [0.717, 1.165) is 11.5 Å². The number of rotatable bonds is 4. The maximum Gasteiger partial charge on any atom is 0.119 e. The fraction of sp³-hybridized carbons (Fsp3) is 0.200. The van der Waals surface area contributed by atoms with Crippen LogP contribution in [0.1, 0.15) is 11.5 Å². The summed E-state index contributed by atoms with van der Waals surface area (Å²) < 4.78 is 10.3. The first-order valence-corrected chi connectivity index (χ1v) is 4.13. The largest absolute Gasteiger partial charge is 0.468 e. The van der Waals surface area contributed by atoms with Gasteiger partial charge in [0.05, 0.1) is 25.6 Å². The van der Waals surface area contributed by atoms with Crippen molar-refractivity contribution in [3.8, 4) is 0 Å². The van der Waals surface area contributed by atoms with Gasteiger partial charge in [0.25, 0.3) is 0 Å². The third-order valence-electron chi connectivity index (χ3n) is 1.70. The third-order valence-corrected chi connectivity index (χ3v) is 1.70. The highest BCUT2D eigenvalue weighted by molar-refractivity contribution is 5.00. The third kappa shape index (κ3) is 2.23. The van der Waals surface area contributed by atoms with Gasteiger partial charge in [-0.3, -0.25) is 0 Å². The van der Waals surface area contributed by atoms with Crippen LogP contribution in [0.15, 0.2) is 45.6 Å². The second-order valence-corrected chi connectivity index (χ2v) is 2.70. The summed E-state index contributed by atoms with van der Waals surface area (Å²) in [5, 5.41) is 4.27. The van der Waals surface area contributed by atoms with E-state index in [-0.39, 0.29) is 0 Å². The van der Waals surface area contributed by atoms with Crippen molar-refractivity contribution >= 4 is 0 Å². The zero-order valence-electron chi connectivity index (χ0n) is 7.14. The Hall–Kier alpha value is -1.48. The van der Waals surface area contributed by atoms with Gasteiger partial charge < -0.3 is 8.83 Å². The molecule has 2 aromatic heterocycles. The van der Waals surface area contributed by atoms with E-state index in [1.54, 1.807) is 12.5 Å². The molecular formula is C10H10NO2. The Morgan fingerprint density at radius 3 is 1.85 bits per heavy atom. The van der Waals surface area contributed by atoms with Crippen LogP contribution in [0, 0.1) is 0 Å². The van der Waals surface area contributed by atoms with Crippen molar-refractivity contribution in [3.05, 3.63) is 48.3 Å². The van der Waals surface area contributed by atoms with Crippen LogP contribution in [0.4, 0.5) is 0 Å². The molecule has 0 bridgehead atoms. The van der Waals surface area contributed by atoms with E-state index in [9.17, 15) is 0 Å². The molecule has 13 heavy (non-hydrogen) atoms. The molecule has 0 aliphatic heterocycles. The van der Waals surface area contributed by atoms with Gasteiger partial charge in [0.1, 0.15) is 11.5 Å². The van der Waals surface area contributed by atoms with Gasteiger partial charge in [-0.05, 0) is 24.3 Å². The van der Waals surface area contributed by atoms with E-state index >= 15 is 0 Å². The minimum absolute atomic E-state index is 0.605. The number of hydrogen-bond donors (Lipinski definition) is 0. The predicted molar refractivity (Wildman–Crippen MR) is 47.0 cm³/mol. The summed E-state index contributed by atoms with van der Waals surface area (Å²) >= 11 is 0. The molecule has 0 aliphatic carbocycles. The summed E-state index contributed by atoms with van der Waals surface area (Å²) in [7, 11) is 0. The number of furan rings is 2. The van der Waals surface area contributed by atoms with E-state index in [1.165, 1.54) is 0 Å². The average molecular weight is 176 g/mol. The first-order chi connectivity index (χ1) is 6.45. The smallest absolute Gasteiger partial charge is 0.119 e. The quantitative estimate of drug-likeness (QED) is 0.716. The molecule has 67 valence electrons. The first-order valence-electron chi connectivity index (χ1n) is 4.13. The molecule has 0 saturated carbocycles. The molecule has 0 atom stereocenters. The van der Waals surface area contributed by atoms with Gasteiger partial charge in [0.2, 0.25) is 0 Å². The van der Waals surface area contributed by atoms with Gasteiger partial charge >= 0.3 is 0 Å². The van der Waals surface area contributed by atoms with Crippen LogP contribution < -0.4 is 5.32 Å². The first kappa shape index (κ1) is 8.13. The van der Waals surface area contributed by atoms with Crippen LogP contribution in [0.5, 0.6) is 0 Å². The van der Waals surface area contributed by atoms with E-state index in [2.05, 4.69) is 5.32 Å². The molecule has 2 aromatic rings. The van der Waals surface area contributed by atoms with Crippen molar-refractivity contribution < 1.29 is 8.83 Å². The second-order valence-electron chi connectivity index (χ2n) is 2.70. The van der Waals surface area contributed by atoms with Crippen LogP contribution in [0.25, 0.3) is 0 Å². The SMILES string of the molecule is c1coc(C[N]Cc2ccco2)c1. The van der Waals surface area contributed by atoms with Gasteiger partial charge in [-0.2, -0.15) is 0 Å². The Morgan fingerprint density at radius 1 is 0.923 bits per heavy atom. The van der Waals surface area contributed by atoms with Crippen molar-refractivity contribution in [2.45, 2.75) is 13.1 Å². The van der Waals surface area contributed by atoms with Gasteiger partial charge in [-0.25, -0.2) is 5.32 Å². The van der Waals surface area contributed by atoms with Crippen molar-refractivity contribution in [3.63, 3.8) is 0 Å². The maximum absolute atomic E-state index is 5.13. The second kappa shape index (κ2) is 3.96. The summed E-state index contributed by atoms with van der Waals surface area (Å²) in [6.07, 6.45) is 3.30. The van der Waals surface area contributed by atoms with Crippen molar-refractivity contribution in [1.29, 1.82) is 0 Å². The van der Waals surface area contributed by atoms with Gasteiger partial charge in [0.15, 0.2) is 0 Å². The van der Waals surface area contributed by atoms with Crippen LogP contribution in [0.2, 0.25) is 0 Å². The molecular weight excluding hydrogens is 166 g/mol. The summed E-state index contributed by atoms with van der Waals surface area (Å²) in [6, 6.07) is 7.53. The molecule has 0 N–H and O–H groups in total. The Labute approximate surface area is 76.4 Å². The zero-order chi connectivity index (χ0) is 8.93. The molecule has 0 spiro atoms. The molecule has 3 heteroatoms. The summed E-state index contributed by atoms with van der Waals surface area (Å²) in [6.45, 7) is 1.21. The molecule has 3 nitrogen and oxygen atoms in total. The van der Waals surface area contributed by atoms with E-state index < -0.39 is 0 Å². The lowest BCUT2D eigenvalue weighted by Gasteiger charge is -1.96. The minimum atomic E-state index is 0.605. The van der Waals surface area contributed by atoms with Crippen molar-refractivity contribution in [1.82, 2.24) is 5.32 Å². The fourth-order valence-corrected chi connectivity index (χ4v) is 1.08. The van der Waals surface area contributed by atoms with Gasteiger partial charge in [-0.1, -0.05) is 0 Å². The summed E-state index contributed by atoms with van der Waals surface area (Å²) in [5.74, 6) is 1.76. The zero-order valence-corrected chi connectivity index (χ0v) is 7.14. The molecule has 0 aliphatic rings. The maximum atomic E-state index is 5.13. The van der Waals surface area contributed by atoms with Crippen LogP contribution >= 0.6 is 0 Å². The van der Waals surface area contributed by atoms with Crippen LogP contribution in [-0.2, 0) is 13.1 Å². The Morgan fingerprint density at radius 2 is 1.46 bits per heavy atom. The molecule has 2 heterocycles. The Kier molecular flexibility index (Phi) is 2.48. The van der Waals surface area contributed by atoms with Crippen LogP contribution in [-0.4, -0.2) is 0 Å². The lowest BCUT2D eigenvalue weighted by atomic mass is 10.4. The van der Waals surface area contributed by atoms with E-state index in [1.807, 2.05) is 24.3 Å². The lowest BCUT2D eigenvalue weighted by Crippen LogP contribution is -2.02. The molecule has 0 unspecified atom stereocenters. The lowest BCUT2D eigenvalue weighted by molar-refractivity contribution is 0.446. The van der Waals surface area contributed by atoms with E-state index in [4.69, 9.17) is 8.83 Å². The highest BCUT2D eigenvalue weighted by Gasteiger charge is 1.98. The van der Waals surface area contributed by atoms with Gasteiger partial charge in [-0.15, -0.1) is 0 Å². The van der Waals surface area contributed by atoms with Crippen molar-refractivity contribution in [2.24, 2.45) is 0 Å². The standard InChI is InChI=1S/C10H10NO2/c1-3-9(12-5-1)7-11-8-10-4-2-6-13-10/h1-6H,7-8H2. The molecule has 2 rings (SSSR count). The summed E-state index contributed by atoms with van der Waals surface area (Å²) in [5.41, 5.74) is 0. The highest BCUT2D eigenvalue weighted by Crippen LogP contribution is 2.03. The topological polar surface area (TPSA) is 40.4 Å². The monoisotopic (exact) mass is 176 g/mol. The predicted octanol–water partition coefficient (Wildman–Crippen LogP) is 2.18. The normalized spacial score (nSPS) is 10.5. The minimum Gasteiger partial charge on any atom is -0.468 e. The molecule has 0 aromatic carbocycles. The highest BCUT2D eigenvalue weighted by atomic mass is 16.3. The molecule has 0 fully saturated rings. The fourth-order valence-electron chi connectivity index (χ4n) is 1.08.